The van der Waals surface area contributed by atoms with Crippen LogP contribution in [-0.4, -0.2) is 38.9 Å². The summed E-state index contributed by atoms with van der Waals surface area (Å²) in [7, 11) is 3.68. The van der Waals surface area contributed by atoms with Gasteiger partial charge in [0.05, 0.1) is 6.20 Å². The molecule has 2 heterocycles. The number of allylic oxidation sites excluding steroid dienone is 1. The largest absolute Gasteiger partial charge is 0.357 e. The third-order valence-electron chi connectivity index (χ3n) is 3.19. The van der Waals surface area contributed by atoms with Crippen molar-refractivity contribution >= 4 is 17.7 Å². The molecule has 2 aromatic rings. The maximum absolute atomic E-state index is 11.9. The van der Waals surface area contributed by atoms with Gasteiger partial charge in [0.15, 0.2) is 5.69 Å². The fourth-order valence-corrected chi connectivity index (χ4v) is 1.69. The number of pyridine rings is 1. The highest BCUT2D eigenvalue weighted by Crippen LogP contribution is 2.13. The highest BCUT2D eigenvalue weighted by molar-refractivity contribution is 6.05. The molecule has 0 aromatic carbocycles. The maximum Gasteiger partial charge on any atom is 0.207 e. The fraction of sp³-hybridized carbons (Fsp3) is 0.333. The molecule has 2 aromatic heterocycles. The molecule has 0 unspecified atom stereocenters. The van der Waals surface area contributed by atoms with Gasteiger partial charge in [0.25, 0.3) is 0 Å². The van der Waals surface area contributed by atoms with Crippen molar-refractivity contribution in [2.24, 2.45) is 7.05 Å². The maximum atomic E-state index is 11.9. The van der Waals surface area contributed by atoms with Crippen molar-refractivity contribution in [3.05, 3.63) is 41.9 Å². The van der Waals surface area contributed by atoms with Crippen LogP contribution >= 0.6 is 0 Å². The first-order valence-corrected chi connectivity index (χ1v) is 6.75. The van der Waals surface area contributed by atoms with Gasteiger partial charge >= 0.3 is 0 Å². The van der Waals surface area contributed by atoms with E-state index in [9.17, 15) is 4.79 Å². The van der Waals surface area contributed by atoms with Gasteiger partial charge in [-0.25, -0.2) is 4.98 Å². The summed E-state index contributed by atoms with van der Waals surface area (Å²) in [6.45, 7) is 4.21. The number of hydrogen-bond donors (Lipinski definition) is 0. The first-order chi connectivity index (χ1) is 9.97. The number of ketones is 1. The van der Waals surface area contributed by atoms with E-state index < -0.39 is 0 Å². The number of rotatable bonds is 5. The smallest absolute Gasteiger partial charge is 0.207 e. The van der Waals surface area contributed by atoms with Gasteiger partial charge in [-0.2, -0.15) is 15.0 Å². The molecular formula is C15H19N5O. The number of aromatic nitrogens is 4. The second kappa shape index (κ2) is 6.30. The van der Waals surface area contributed by atoms with Crippen LogP contribution in [0.2, 0.25) is 0 Å². The van der Waals surface area contributed by atoms with E-state index in [-0.39, 0.29) is 5.78 Å². The molecule has 6 heteroatoms. The number of anilines is 1. The molecule has 21 heavy (non-hydrogen) atoms. The minimum absolute atomic E-state index is 0.175. The average molecular weight is 285 g/mol. The molecule has 0 amide bonds. The van der Waals surface area contributed by atoms with E-state index in [0.717, 1.165) is 11.4 Å². The summed E-state index contributed by atoms with van der Waals surface area (Å²) < 4.78 is 0. The van der Waals surface area contributed by atoms with Crippen LogP contribution in [0.25, 0.3) is 6.08 Å². The molecule has 0 aliphatic heterocycles. The summed E-state index contributed by atoms with van der Waals surface area (Å²) in [5.74, 6) is 0.730. The Labute approximate surface area is 124 Å². The highest BCUT2D eigenvalue weighted by Gasteiger charge is 2.07. The second-order valence-electron chi connectivity index (χ2n) is 5.07. The topological polar surface area (TPSA) is 63.9 Å². The average Bonchev–Trinajstić information content (AvgIpc) is 2.91. The lowest BCUT2D eigenvalue weighted by atomic mass is 10.2. The molecular weight excluding hydrogens is 266 g/mol. The quantitative estimate of drug-likeness (QED) is 0.620. The Morgan fingerprint density at radius 1 is 1.33 bits per heavy atom. The molecule has 110 valence electrons. The molecule has 0 aliphatic carbocycles. The van der Waals surface area contributed by atoms with Crippen LogP contribution in [0.5, 0.6) is 0 Å². The Morgan fingerprint density at radius 2 is 2.10 bits per heavy atom. The summed E-state index contributed by atoms with van der Waals surface area (Å²) >= 11 is 0. The standard InChI is InChI=1S/C15H19N5O/c1-11(2)19(3)15-8-6-12(9-16-15)5-7-14(21)13-10-17-20(4)18-13/h5-11H,1-4H3/b7-5+. The molecule has 0 N–H and O–H groups in total. The summed E-state index contributed by atoms with van der Waals surface area (Å²) in [5, 5.41) is 7.84. The first kappa shape index (κ1) is 14.9. The minimum atomic E-state index is -0.175. The molecule has 0 bridgehead atoms. The zero-order chi connectivity index (χ0) is 15.4. The van der Waals surface area contributed by atoms with Crippen molar-refractivity contribution < 1.29 is 4.79 Å². The van der Waals surface area contributed by atoms with Gasteiger partial charge in [0, 0.05) is 26.3 Å². The third kappa shape index (κ3) is 3.75. The molecule has 0 radical (unpaired) electrons. The van der Waals surface area contributed by atoms with Crippen LogP contribution in [0.15, 0.2) is 30.6 Å². The lowest BCUT2D eigenvalue weighted by Gasteiger charge is -2.22. The zero-order valence-corrected chi connectivity index (χ0v) is 12.7. The summed E-state index contributed by atoms with van der Waals surface area (Å²) in [6.07, 6.45) is 6.40. The van der Waals surface area contributed by atoms with Crippen molar-refractivity contribution in [2.45, 2.75) is 19.9 Å². The van der Waals surface area contributed by atoms with Crippen molar-refractivity contribution in [2.75, 3.05) is 11.9 Å². The SMILES string of the molecule is CC(C)N(C)c1ccc(/C=C/C(=O)c2cnn(C)n2)cn1. The van der Waals surface area contributed by atoms with E-state index in [4.69, 9.17) is 0 Å². The molecule has 0 saturated carbocycles. The van der Waals surface area contributed by atoms with Crippen LogP contribution < -0.4 is 4.90 Å². The Bertz CT molecular complexity index is 642. The van der Waals surface area contributed by atoms with Gasteiger partial charge in [-0.05, 0) is 43.7 Å². The minimum Gasteiger partial charge on any atom is -0.357 e. The van der Waals surface area contributed by atoms with Gasteiger partial charge in [0.1, 0.15) is 5.82 Å². The van der Waals surface area contributed by atoms with Crippen LogP contribution in [0.1, 0.15) is 29.9 Å². The monoisotopic (exact) mass is 285 g/mol. The van der Waals surface area contributed by atoms with Crippen LogP contribution in [-0.2, 0) is 7.05 Å². The van der Waals surface area contributed by atoms with Gasteiger partial charge < -0.3 is 4.90 Å². The summed E-state index contributed by atoms with van der Waals surface area (Å²) in [4.78, 5) is 19.7. The summed E-state index contributed by atoms with van der Waals surface area (Å²) in [6, 6.07) is 4.26. The van der Waals surface area contributed by atoms with E-state index >= 15 is 0 Å². The second-order valence-corrected chi connectivity index (χ2v) is 5.07. The van der Waals surface area contributed by atoms with E-state index in [0.29, 0.717) is 11.7 Å². The van der Waals surface area contributed by atoms with Crippen molar-refractivity contribution in [3.8, 4) is 0 Å². The van der Waals surface area contributed by atoms with Gasteiger partial charge in [0.2, 0.25) is 5.78 Å². The lowest BCUT2D eigenvalue weighted by molar-refractivity contribution is 0.104. The summed E-state index contributed by atoms with van der Waals surface area (Å²) in [5.41, 5.74) is 1.20. The Morgan fingerprint density at radius 3 is 2.62 bits per heavy atom. The number of carbonyl (C=O) groups excluding carboxylic acids is 1. The number of aryl methyl sites for hydroxylation is 1. The fourth-order valence-electron chi connectivity index (χ4n) is 1.69. The normalized spacial score (nSPS) is 11.3. The zero-order valence-electron chi connectivity index (χ0n) is 12.7. The number of carbonyl (C=O) groups is 1. The van der Waals surface area contributed by atoms with E-state index in [1.54, 1.807) is 19.3 Å². The van der Waals surface area contributed by atoms with Gasteiger partial charge in [-0.3, -0.25) is 4.79 Å². The first-order valence-electron chi connectivity index (χ1n) is 6.75. The van der Waals surface area contributed by atoms with Gasteiger partial charge in [-0.1, -0.05) is 0 Å². The van der Waals surface area contributed by atoms with E-state index in [1.165, 1.54) is 17.1 Å². The van der Waals surface area contributed by atoms with Crippen LogP contribution in [0, 0.1) is 0 Å². The predicted molar refractivity (Wildman–Crippen MR) is 82.1 cm³/mol. The molecule has 0 saturated heterocycles. The molecule has 0 spiro atoms. The van der Waals surface area contributed by atoms with Crippen molar-refractivity contribution in [1.82, 2.24) is 20.0 Å². The van der Waals surface area contributed by atoms with Crippen LogP contribution in [0.4, 0.5) is 5.82 Å². The Hall–Kier alpha value is -2.50. The molecule has 2 rings (SSSR count). The highest BCUT2D eigenvalue weighted by atomic mass is 16.1. The number of hydrogen-bond acceptors (Lipinski definition) is 5. The van der Waals surface area contributed by atoms with E-state index in [2.05, 4.69) is 33.9 Å². The lowest BCUT2D eigenvalue weighted by Crippen LogP contribution is -2.26. The van der Waals surface area contributed by atoms with E-state index in [1.807, 2.05) is 19.2 Å². The molecule has 6 nitrogen and oxygen atoms in total. The Balaban J connectivity index is 2.06. The van der Waals surface area contributed by atoms with Crippen molar-refractivity contribution in [1.29, 1.82) is 0 Å². The van der Waals surface area contributed by atoms with Gasteiger partial charge in [-0.15, -0.1) is 0 Å². The molecule has 0 atom stereocenters. The molecule has 0 fully saturated rings. The Kier molecular flexibility index (Phi) is 4.47. The van der Waals surface area contributed by atoms with Crippen LogP contribution in [0.3, 0.4) is 0 Å². The van der Waals surface area contributed by atoms with Crippen molar-refractivity contribution in [3.63, 3.8) is 0 Å². The molecule has 0 aliphatic rings. The number of nitrogens with zero attached hydrogens (tertiary/aromatic N) is 5. The predicted octanol–water partition coefficient (Wildman–Crippen LogP) is 1.95. The third-order valence-corrected chi connectivity index (χ3v) is 3.19.